The van der Waals surface area contributed by atoms with E-state index in [0.717, 1.165) is 30.6 Å². The third-order valence-corrected chi connectivity index (χ3v) is 6.54. The summed E-state index contributed by atoms with van der Waals surface area (Å²) in [5, 5.41) is 6.33. The standard InChI is InChI=1S/C19H30N4O2/c1-3-23-8-7-20-18(23)17-16(6-9-25-17)22-19(24)21-12(2)15-11-13-4-5-14(15)10-13/h7-8,12-17H,3-6,9-11H2,1-2H3,(H2,21,22,24)/t12?,13?,14?,15?,16-,17-/m0/s1. The number of ether oxygens (including phenoxy) is 1. The Morgan fingerprint density at radius 2 is 2.28 bits per heavy atom. The van der Waals surface area contributed by atoms with E-state index in [1.807, 2.05) is 6.20 Å². The molecule has 2 amide bonds. The van der Waals surface area contributed by atoms with Gasteiger partial charge in [0.05, 0.1) is 6.04 Å². The maximum absolute atomic E-state index is 12.5. The van der Waals surface area contributed by atoms with Crippen LogP contribution in [0.2, 0.25) is 0 Å². The van der Waals surface area contributed by atoms with Crippen molar-refractivity contribution in [1.29, 1.82) is 0 Å². The van der Waals surface area contributed by atoms with Crippen LogP contribution >= 0.6 is 0 Å². The van der Waals surface area contributed by atoms with Crippen molar-refractivity contribution < 1.29 is 9.53 Å². The first-order valence-electron chi connectivity index (χ1n) is 9.85. The zero-order valence-corrected chi connectivity index (χ0v) is 15.3. The van der Waals surface area contributed by atoms with Gasteiger partial charge >= 0.3 is 6.03 Å². The summed E-state index contributed by atoms with van der Waals surface area (Å²) in [4.78, 5) is 17.0. The molecule has 6 heteroatoms. The normalized spacial score (nSPS) is 35.0. The van der Waals surface area contributed by atoms with E-state index < -0.39 is 0 Å². The van der Waals surface area contributed by atoms with Crippen LogP contribution in [-0.2, 0) is 11.3 Å². The minimum atomic E-state index is -0.154. The topological polar surface area (TPSA) is 68.2 Å². The third kappa shape index (κ3) is 3.28. The molecule has 4 rings (SSSR count). The maximum atomic E-state index is 12.5. The number of hydrogen-bond acceptors (Lipinski definition) is 3. The Balaban J connectivity index is 1.34. The second-order valence-corrected chi connectivity index (χ2v) is 8.00. The number of urea groups is 1. The fourth-order valence-electron chi connectivity index (χ4n) is 5.27. The molecule has 1 aromatic heterocycles. The van der Waals surface area contributed by atoms with E-state index in [4.69, 9.17) is 4.74 Å². The summed E-state index contributed by atoms with van der Waals surface area (Å²) in [7, 11) is 0. The van der Waals surface area contributed by atoms with Gasteiger partial charge in [0.2, 0.25) is 0 Å². The predicted molar refractivity (Wildman–Crippen MR) is 95.1 cm³/mol. The summed E-state index contributed by atoms with van der Waals surface area (Å²) in [6, 6.07) is 0.166. The summed E-state index contributed by atoms with van der Waals surface area (Å²) in [6.45, 7) is 5.77. The molecule has 1 aliphatic heterocycles. The van der Waals surface area contributed by atoms with Crippen molar-refractivity contribution in [2.45, 2.75) is 70.7 Å². The molecule has 2 saturated carbocycles. The highest BCUT2D eigenvalue weighted by Gasteiger charge is 2.42. The van der Waals surface area contributed by atoms with Gasteiger partial charge in [-0.05, 0) is 57.3 Å². The second kappa shape index (κ2) is 6.98. The number of nitrogens with one attached hydrogen (secondary N) is 2. The zero-order chi connectivity index (χ0) is 17.4. The Bertz CT molecular complexity index is 616. The monoisotopic (exact) mass is 346 g/mol. The first kappa shape index (κ1) is 16.9. The largest absolute Gasteiger partial charge is 0.368 e. The molecule has 2 N–H and O–H groups in total. The van der Waals surface area contributed by atoms with E-state index in [2.05, 4.69) is 34.0 Å². The number of imidazole rings is 1. The van der Waals surface area contributed by atoms with Crippen LogP contribution in [-0.4, -0.2) is 34.3 Å². The average molecular weight is 346 g/mol. The van der Waals surface area contributed by atoms with Gasteiger partial charge in [0, 0.05) is 31.6 Å². The summed E-state index contributed by atoms with van der Waals surface area (Å²) in [5.41, 5.74) is 0. The second-order valence-electron chi connectivity index (χ2n) is 8.00. The predicted octanol–water partition coefficient (Wildman–Crippen LogP) is 2.86. The van der Waals surface area contributed by atoms with Crippen LogP contribution in [0.15, 0.2) is 12.4 Å². The van der Waals surface area contributed by atoms with Gasteiger partial charge in [-0.2, -0.15) is 0 Å². The fraction of sp³-hybridized carbons (Fsp3) is 0.789. The highest BCUT2D eigenvalue weighted by molar-refractivity contribution is 5.74. The van der Waals surface area contributed by atoms with Crippen molar-refractivity contribution in [2.75, 3.05) is 6.61 Å². The number of fused-ring (bicyclic) bond motifs is 2. The number of amides is 2. The smallest absolute Gasteiger partial charge is 0.315 e. The van der Waals surface area contributed by atoms with Gasteiger partial charge in [-0.25, -0.2) is 9.78 Å². The number of carbonyl (C=O) groups is 1. The van der Waals surface area contributed by atoms with Crippen LogP contribution in [0, 0.1) is 17.8 Å². The van der Waals surface area contributed by atoms with E-state index in [0.29, 0.717) is 12.5 Å². The molecule has 0 aromatic carbocycles. The van der Waals surface area contributed by atoms with Crippen LogP contribution in [0.4, 0.5) is 4.79 Å². The molecule has 1 aromatic rings. The third-order valence-electron chi connectivity index (χ3n) is 6.54. The van der Waals surface area contributed by atoms with E-state index in [1.165, 1.54) is 25.7 Å². The Hall–Kier alpha value is -1.56. The van der Waals surface area contributed by atoms with Crippen LogP contribution in [0.5, 0.6) is 0 Å². The van der Waals surface area contributed by atoms with Gasteiger partial charge in [-0.1, -0.05) is 6.42 Å². The van der Waals surface area contributed by atoms with Gasteiger partial charge in [-0.3, -0.25) is 0 Å². The van der Waals surface area contributed by atoms with Gasteiger partial charge in [0.1, 0.15) is 11.9 Å². The highest BCUT2D eigenvalue weighted by atomic mass is 16.5. The number of hydrogen-bond donors (Lipinski definition) is 2. The first-order valence-corrected chi connectivity index (χ1v) is 9.85. The number of carbonyl (C=O) groups excluding carboxylic acids is 1. The zero-order valence-electron chi connectivity index (χ0n) is 15.3. The molecule has 2 aliphatic carbocycles. The van der Waals surface area contributed by atoms with E-state index >= 15 is 0 Å². The van der Waals surface area contributed by atoms with Gasteiger partial charge in [0.15, 0.2) is 0 Å². The van der Waals surface area contributed by atoms with Crippen molar-refractivity contribution in [2.24, 2.45) is 17.8 Å². The first-order chi connectivity index (χ1) is 12.2. The van der Waals surface area contributed by atoms with Crippen LogP contribution in [0.3, 0.4) is 0 Å². The summed E-state index contributed by atoms with van der Waals surface area (Å²) >= 11 is 0. The highest BCUT2D eigenvalue weighted by Crippen LogP contribution is 2.49. The molecule has 138 valence electrons. The Morgan fingerprint density at radius 1 is 1.40 bits per heavy atom. The van der Waals surface area contributed by atoms with E-state index in [9.17, 15) is 4.79 Å². The van der Waals surface area contributed by atoms with Crippen LogP contribution < -0.4 is 10.6 Å². The minimum absolute atomic E-state index is 0.0140. The lowest BCUT2D eigenvalue weighted by Crippen LogP contribution is -2.49. The lowest BCUT2D eigenvalue weighted by molar-refractivity contribution is 0.0899. The van der Waals surface area contributed by atoms with Crippen molar-refractivity contribution in [3.8, 4) is 0 Å². The molecule has 1 saturated heterocycles. The molecule has 3 fully saturated rings. The molecule has 3 aliphatic rings. The number of nitrogens with zero attached hydrogens (tertiary/aromatic N) is 2. The lowest BCUT2D eigenvalue weighted by Gasteiger charge is -2.29. The van der Waals surface area contributed by atoms with E-state index in [1.54, 1.807) is 6.20 Å². The maximum Gasteiger partial charge on any atom is 0.315 e. The number of aromatic nitrogens is 2. The van der Waals surface area contributed by atoms with E-state index in [-0.39, 0.29) is 24.2 Å². The molecule has 6 nitrogen and oxygen atoms in total. The molecule has 0 radical (unpaired) electrons. The van der Waals surface area contributed by atoms with Gasteiger partial charge in [-0.15, -0.1) is 0 Å². The number of rotatable bonds is 5. The summed E-state index contributed by atoms with van der Waals surface area (Å²) in [6.07, 6.45) is 9.84. The van der Waals surface area contributed by atoms with Crippen LogP contribution in [0.25, 0.3) is 0 Å². The van der Waals surface area contributed by atoms with Crippen molar-refractivity contribution in [3.63, 3.8) is 0 Å². The summed E-state index contributed by atoms with van der Waals surface area (Å²) < 4.78 is 7.96. The molecule has 4 unspecified atom stereocenters. The number of aryl methyl sites for hydroxylation is 1. The quantitative estimate of drug-likeness (QED) is 0.861. The molecule has 0 spiro atoms. The summed E-state index contributed by atoms with van der Waals surface area (Å²) in [5.74, 6) is 3.29. The lowest BCUT2D eigenvalue weighted by atomic mass is 9.84. The Kier molecular flexibility index (Phi) is 4.71. The molecule has 2 heterocycles. The average Bonchev–Trinajstić information content (AvgIpc) is 3.37. The van der Waals surface area contributed by atoms with Crippen molar-refractivity contribution in [1.82, 2.24) is 20.2 Å². The molecular weight excluding hydrogens is 316 g/mol. The van der Waals surface area contributed by atoms with Gasteiger partial charge < -0.3 is 19.9 Å². The molecule has 25 heavy (non-hydrogen) atoms. The Morgan fingerprint density at radius 3 is 3.00 bits per heavy atom. The Labute approximate surface area is 149 Å². The molecule has 6 atom stereocenters. The van der Waals surface area contributed by atoms with Crippen LogP contribution in [0.1, 0.15) is 57.9 Å². The fourth-order valence-corrected chi connectivity index (χ4v) is 5.27. The molecule has 2 bridgehead atoms. The van der Waals surface area contributed by atoms with Crippen molar-refractivity contribution >= 4 is 6.03 Å². The van der Waals surface area contributed by atoms with Crippen molar-refractivity contribution in [3.05, 3.63) is 18.2 Å². The SMILES string of the molecule is CCn1ccnc1[C@H]1OCC[C@@H]1NC(=O)NC(C)C1CC2CCC1C2. The molecular formula is C19H30N4O2. The minimum Gasteiger partial charge on any atom is -0.368 e. The van der Waals surface area contributed by atoms with Gasteiger partial charge in [0.25, 0.3) is 0 Å².